The lowest BCUT2D eigenvalue weighted by Gasteiger charge is -2.40. The van der Waals surface area contributed by atoms with Crippen molar-refractivity contribution < 1.29 is 9.53 Å². The topological polar surface area (TPSA) is 82.1 Å². The van der Waals surface area contributed by atoms with Crippen molar-refractivity contribution in [3.63, 3.8) is 0 Å². The molecule has 1 saturated heterocycles. The van der Waals surface area contributed by atoms with Crippen LogP contribution >= 0.6 is 0 Å². The van der Waals surface area contributed by atoms with Crippen LogP contribution in [-0.4, -0.2) is 67.8 Å². The maximum atomic E-state index is 12.0. The fourth-order valence-electron chi connectivity index (χ4n) is 2.43. The summed E-state index contributed by atoms with van der Waals surface area (Å²) in [5.41, 5.74) is 0.652. The lowest BCUT2D eigenvalue weighted by Crippen LogP contribution is -2.63. The van der Waals surface area contributed by atoms with Gasteiger partial charge < -0.3 is 25.2 Å². The van der Waals surface area contributed by atoms with Crippen molar-refractivity contribution in [1.82, 2.24) is 20.5 Å². The molecule has 8 heteroatoms. The van der Waals surface area contributed by atoms with E-state index in [1.54, 1.807) is 18.1 Å². The third-order valence-corrected chi connectivity index (χ3v) is 3.83. The molecule has 8 nitrogen and oxygen atoms in total. The highest BCUT2D eigenvalue weighted by atomic mass is 16.6. The van der Waals surface area contributed by atoms with Crippen molar-refractivity contribution in [3.8, 4) is 0 Å². The number of rotatable bonds is 4. The van der Waals surface area contributed by atoms with Crippen LogP contribution in [0.1, 0.15) is 26.3 Å². The Kier molecular flexibility index (Phi) is 6.28. The van der Waals surface area contributed by atoms with Crippen molar-refractivity contribution in [1.29, 1.82) is 0 Å². The molecule has 1 fully saturated rings. The molecule has 0 aliphatic carbocycles. The van der Waals surface area contributed by atoms with Gasteiger partial charge in [-0.1, -0.05) is 0 Å². The summed E-state index contributed by atoms with van der Waals surface area (Å²) in [7, 11) is 5.66. The molecular weight excluding hydrogens is 332 g/mol. The Labute approximate surface area is 155 Å². The highest BCUT2D eigenvalue weighted by Crippen LogP contribution is 2.15. The van der Waals surface area contributed by atoms with E-state index in [0.717, 1.165) is 11.4 Å². The molecule has 1 aromatic heterocycles. The third-order valence-electron chi connectivity index (χ3n) is 3.83. The predicted molar refractivity (Wildman–Crippen MR) is 103 cm³/mol. The highest BCUT2D eigenvalue weighted by molar-refractivity contribution is 5.80. The zero-order valence-corrected chi connectivity index (χ0v) is 16.5. The van der Waals surface area contributed by atoms with Gasteiger partial charge in [0, 0.05) is 47.0 Å². The minimum Gasteiger partial charge on any atom is -0.444 e. The Morgan fingerprint density at radius 2 is 2.12 bits per heavy atom. The number of likely N-dealkylation sites (tertiary alicyclic amines) is 1. The highest BCUT2D eigenvalue weighted by Gasteiger charge is 2.34. The van der Waals surface area contributed by atoms with Crippen LogP contribution < -0.4 is 15.5 Å². The molecule has 2 N–H and O–H groups in total. The van der Waals surface area contributed by atoms with E-state index in [2.05, 4.69) is 20.6 Å². The number of nitrogens with zero attached hydrogens (tertiary/aromatic N) is 4. The number of carbonyl (C=O) groups excluding carboxylic acids is 1. The summed E-state index contributed by atoms with van der Waals surface area (Å²) in [6, 6.07) is 4.18. The van der Waals surface area contributed by atoms with Crippen molar-refractivity contribution in [2.45, 2.75) is 39.0 Å². The van der Waals surface area contributed by atoms with E-state index < -0.39 is 5.60 Å². The van der Waals surface area contributed by atoms with Crippen molar-refractivity contribution in [2.75, 3.05) is 39.1 Å². The average molecular weight is 362 g/mol. The van der Waals surface area contributed by atoms with Gasteiger partial charge in [0.15, 0.2) is 5.96 Å². The Balaban J connectivity index is 1.77. The van der Waals surface area contributed by atoms with Gasteiger partial charge in [-0.3, -0.25) is 4.99 Å². The first-order valence-electron chi connectivity index (χ1n) is 8.75. The molecular formula is C18H30N6O2. The zero-order valence-electron chi connectivity index (χ0n) is 16.5. The molecule has 0 aromatic carbocycles. The molecule has 2 rings (SSSR count). The van der Waals surface area contributed by atoms with E-state index >= 15 is 0 Å². The van der Waals surface area contributed by atoms with Crippen LogP contribution in [-0.2, 0) is 11.3 Å². The van der Waals surface area contributed by atoms with Gasteiger partial charge in [-0.2, -0.15) is 0 Å². The van der Waals surface area contributed by atoms with Gasteiger partial charge in [-0.25, -0.2) is 9.78 Å². The molecule has 1 aliphatic rings. The van der Waals surface area contributed by atoms with Crippen molar-refractivity contribution >= 4 is 17.9 Å². The van der Waals surface area contributed by atoms with Gasteiger partial charge in [-0.15, -0.1) is 0 Å². The molecule has 26 heavy (non-hydrogen) atoms. The summed E-state index contributed by atoms with van der Waals surface area (Å²) in [5.74, 6) is 1.63. The minimum absolute atomic E-state index is 0.170. The molecule has 0 saturated carbocycles. The minimum atomic E-state index is -0.469. The molecule has 0 bridgehead atoms. The molecule has 0 radical (unpaired) electrons. The monoisotopic (exact) mass is 362 g/mol. The standard InChI is InChI=1S/C18H30N6O2/c1-18(2,3)26-17(25)24-11-14(12-24)22-16(19-4)21-10-13-7-8-20-15(9-13)23(5)6/h7-9,14H,10-12H2,1-6H3,(H2,19,21,22). The smallest absolute Gasteiger partial charge is 0.410 e. The maximum Gasteiger partial charge on any atom is 0.410 e. The van der Waals surface area contributed by atoms with E-state index in [0.29, 0.717) is 25.6 Å². The van der Waals surface area contributed by atoms with Crippen LogP contribution in [0.4, 0.5) is 10.6 Å². The second-order valence-corrected chi connectivity index (χ2v) is 7.57. The van der Waals surface area contributed by atoms with E-state index in [1.165, 1.54) is 0 Å². The number of ether oxygens (including phenoxy) is 1. The summed E-state index contributed by atoms with van der Waals surface area (Å²) in [5, 5.41) is 6.61. The van der Waals surface area contributed by atoms with Crippen LogP contribution in [0, 0.1) is 0 Å². The van der Waals surface area contributed by atoms with Gasteiger partial charge in [0.1, 0.15) is 11.4 Å². The second-order valence-electron chi connectivity index (χ2n) is 7.57. The van der Waals surface area contributed by atoms with Crippen LogP contribution in [0.5, 0.6) is 0 Å². The summed E-state index contributed by atoms with van der Waals surface area (Å²) >= 11 is 0. The number of carbonyl (C=O) groups is 1. The summed E-state index contributed by atoms with van der Waals surface area (Å²) < 4.78 is 5.36. The lowest BCUT2D eigenvalue weighted by molar-refractivity contribution is 0.00701. The number of anilines is 1. The van der Waals surface area contributed by atoms with Gasteiger partial charge in [0.2, 0.25) is 0 Å². The van der Waals surface area contributed by atoms with E-state index in [4.69, 9.17) is 4.74 Å². The first kappa shape index (κ1) is 19.8. The van der Waals surface area contributed by atoms with Crippen LogP contribution in [0.3, 0.4) is 0 Å². The maximum absolute atomic E-state index is 12.0. The third kappa shape index (κ3) is 5.79. The van der Waals surface area contributed by atoms with Crippen LogP contribution in [0.25, 0.3) is 0 Å². The Morgan fingerprint density at radius 3 is 2.69 bits per heavy atom. The van der Waals surface area contributed by atoms with Gasteiger partial charge in [0.05, 0.1) is 6.04 Å². The van der Waals surface area contributed by atoms with Crippen molar-refractivity contribution in [2.24, 2.45) is 4.99 Å². The molecule has 144 valence electrons. The Morgan fingerprint density at radius 1 is 1.42 bits per heavy atom. The largest absolute Gasteiger partial charge is 0.444 e. The second kappa shape index (κ2) is 8.25. The van der Waals surface area contributed by atoms with Crippen LogP contribution in [0.15, 0.2) is 23.3 Å². The summed E-state index contributed by atoms with van der Waals surface area (Å²) in [6.45, 7) is 7.46. The summed E-state index contributed by atoms with van der Waals surface area (Å²) in [6.07, 6.45) is 1.53. The fourth-order valence-corrected chi connectivity index (χ4v) is 2.43. The lowest BCUT2D eigenvalue weighted by atomic mass is 10.1. The average Bonchev–Trinajstić information content (AvgIpc) is 2.51. The molecule has 1 aliphatic heterocycles. The van der Waals surface area contributed by atoms with Gasteiger partial charge in [0.25, 0.3) is 0 Å². The number of hydrogen-bond acceptors (Lipinski definition) is 5. The first-order chi connectivity index (χ1) is 12.2. The van der Waals surface area contributed by atoms with E-state index in [9.17, 15) is 4.79 Å². The normalized spacial score (nSPS) is 15.3. The number of nitrogens with one attached hydrogen (secondary N) is 2. The Hall–Kier alpha value is -2.51. The molecule has 0 unspecified atom stereocenters. The number of pyridine rings is 1. The SMILES string of the molecule is CN=C(NCc1ccnc(N(C)C)c1)NC1CN(C(=O)OC(C)(C)C)C1. The van der Waals surface area contributed by atoms with Crippen LogP contribution in [0.2, 0.25) is 0 Å². The van der Waals surface area contributed by atoms with Crippen molar-refractivity contribution in [3.05, 3.63) is 23.9 Å². The number of hydrogen-bond donors (Lipinski definition) is 2. The quantitative estimate of drug-likeness (QED) is 0.623. The first-order valence-corrected chi connectivity index (χ1v) is 8.75. The number of amides is 1. The molecule has 0 spiro atoms. The summed E-state index contributed by atoms with van der Waals surface area (Å²) in [4.78, 5) is 24.2. The molecule has 0 atom stereocenters. The number of aliphatic imine (C=N–C) groups is 1. The Bertz CT molecular complexity index is 647. The zero-order chi connectivity index (χ0) is 19.3. The number of aromatic nitrogens is 1. The van der Waals surface area contributed by atoms with Gasteiger partial charge in [-0.05, 0) is 38.5 Å². The predicted octanol–water partition coefficient (Wildman–Crippen LogP) is 1.43. The van der Waals surface area contributed by atoms with E-state index in [1.807, 2.05) is 51.9 Å². The number of guanidine groups is 1. The molecule has 2 heterocycles. The fraction of sp³-hybridized carbons (Fsp3) is 0.611. The molecule has 1 amide bonds. The van der Waals surface area contributed by atoms with Gasteiger partial charge >= 0.3 is 6.09 Å². The van der Waals surface area contributed by atoms with E-state index in [-0.39, 0.29) is 12.1 Å². The molecule has 1 aromatic rings.